The third-order valence-electron chi connectivity index (χ3n) is 17.2. The van der Waals surface area contributed by atoms with E-state index in [1.165, 1.54) is 20.8 Å². The van der Waals surface area contributed by atoms with Crippen LogP contribution in [-0.4, -0.2) is 240 Å². The molecule has 21 N–H and O–H groups in total. The van der Waals surface area contributed by atoms with Gasteiger partial charge in [0, 0.05) is 63.0 Å². The van der Waals surface area contributed by atoms with Gasteiger partial charge >= 0.3 is 29.8 Å². The van der Waals surface area contributed by atoms with E-state index < -0.39 is 255 Å². The number of primary amides is 1. The summed E-state index contributed by atoms with van der Waals surface area (Å²) in [6, 6.07) is -10.5. The lowest BCUT2D eigenvalue weighted by Gasteiger charge is -2.29. The number of hydrogen-bond acceptors (Lipinski definition) is 22. The highest BCUT2D eigenvalue weighted by Crippen LogP contribution is 2.40. The lowest BCUT2D eigenvalue weighted by atomic mass is 9.97. The molecule has 0 unspecified atom stereocenters. The second kappa shape index (κ2) is 50.5. The Labute approximate surface area is 642 Å². The number of aliphatic hydroxyl groups is 1. The Balaban J connectivity index is 2.35. The van der Waals surface area contributed by atoms with Crippen LogP contribution in [-0.2, 0) is 97.5 Å². The van der Waals surface area contributed by atoms with Gasteiger partial charge in [-0.3, -0.25) is 86.3 Å². The lowest BCUT2D eigenvalue weighted by molar-refractivity contribution is -0.144. The molecule has 2 rings (SSSR count). The molecule has 1 heterocycles. The molecule has 110 heavy (non-hydrogen) atoms. The van der Waals surface area contributed by atoms with Crippen LogP contribution < -0.4 is 74.9 Å². The maximum absolute atomic E-state index is 14.4. The molecule has 0 saturated carbocycles. The number of hydrogen-bond donors (Lipinski definition) is 20. The smallest absolute Gasteiger partial charge is 0.326 e. The quantitative estimate of drug-likeness (QED) is 0.0232. The van der Waals surface area contributed by atoms with Crippen molar-refractivity contribution in [2.75, 3.05) is 18.8 Å². The van der Waals surface area contributed by atoms with E-state index in [1.807, 2.05) is 26.9 Å². The number of carbonyl (C=O) groups excluding carboxylic acids is 14. The van der Waals surface area contributed by atoms with Gasteiger partial charge in [-0.05, 0) is 95.5 Å². The topological polar surface area (TPSA) is 628 Å². The minimum Gasteiger partial charge on any atom is -0.481 e. The first-order valence-corrected chi connectivity index (χ1v) is 38.3. The molecular weight excluding hydrogens is 1490 g/mol. The number of aliphatic carboxylic acids is 5. The van der Waals surface area contributed by atoms with Crippen molar-refractivity contribution in [1.82, 2.24) is 69.1 Å². The van der Waals surface area contributed by atoms with Gasteiger partial charge in [0.2, 0.25) is 82.7 Å². The van der Waals surface area contributed by atoms with E-state index in [0.29, 0.717) is 30.1 Å². The average Bonchev–Trinajstić information content (AvgIpc) is 0.936. The third kappa shape index (κ3) is 38.2. The molecule has 14 amide bonds. The highest BCUT2D eigenvalue weighted by molar-refractivity contribution is 8.77. The molecule has 14 atom stereocenters. The van der Waals surface area contributed by atoms with Crippen LogP contribution in [0.3, 0.4) is 0 Å². The largest absolute Gasteiger partial charge is 0.481 e. The average molecular weight is 1600 g/mol. The van der Waals surface area contributed by atoms with E-state index >= 15 is 0 Å². The van der Waals surface area contributed by atoms with Gasteiger partial charge in [0.05, 0.1) is 19.1 Å². The van der Waals surface area contributed by atoms with Crippen molar-refractivity contribution in [3.8, 4) is 0 Å². The second-order valence-corrected chi connectivity index (χ2v) is 29.6. The summed E-state index contributed by atoms with van der Waals surface area (Å²) in [4.78, 5) is 248. The van der Waals surface area contributed by atoms with Crippen LogP contribution in [0.5, 0.6) is 0 Å². The normalized spacial score (nSPS) is 15.9. The predicted molar refractivity (Wildman–Crippen MR) is 394 cm³/mol. The molecule has 0 spiro atoms. The van der Waals surface area contributed by atoms with Crippen LogP contribution >= 0.6 is 21.6 Å². The van der Waals surface area contributed by atoms with Gasteiger partial charge in [0.1, 0.15) is 66.5 Å². The molecule has 0 radical (unpaired) electrons. The fourth-order valence-corrected chi connectivity index (χ4v) is 13.8. The molecule has 0 aliphatic carbocycles. The van der Waals surface area contributed by atoms with Gasteiger partial charge < -0.3 is 105 Å². The zero-order chi connectivity index (χ0) is 82.9. The fraction of sp³-hybridized carbons (Fsp3) is 0.638. The number of rotatable bonds is 54. The number of carboxylic acid groups (broad SMARTS) is 5. The van der Waals surface area contributed by atoms with Crippen molar-refractivity contribution in [2.24, 2.45) is 17.6 Å². The summed E-state index contributed by atoms with van der Waals surface area (Å²) in [5.74, 6) is -22.0. The highest BCUT2D eigenvalue weighted by Gasteiger charge is 2.38. The first-order valence-electron chi connectivity index (χ1n) is 36.0. The van der Waals surface area contributed by atoms with Gasteiger partial charge in [0.25, 0.3) is 0 Å². The molecule has 1 aromatic rings. The summed E-state index contributed by atoms with van der Waals surface area (Å²) < 4.78 is 0. The molecule has 0 bridgehead atoms. The number of nitrogens with two attached hydrogens (primary N) is 1. The SMILES string of the molecule is CC[C@H](C)[C@H](NC(=O)[C@@H](NC(=O)[C@H](C)NC(=O)[C@H](CCCCNC(=O)CCCC[C@@H]1CCSS1)NC(=O)[C@H](CC(=O)O)NC(C)=O)[C@@H](C)O)C(=O)NCC(=O)N[C@@H](Cc1ccccc1)C(=O)N[C@@H](CCC(=O)O)C(=O)N[C@H](C(=O)N[C@@H](CCC(N)=O)C(=O)N[C@@H](CCC(=O)O)C(=O)N[C@@H](CCC(=O)O)C(=O)O)C(C)C. The number of benzene rings is 1. The molecule has 1 aromatic carbocycles. The molecule has 41 heteroatoms. The number of amides is 14. The molecule has 39 nitrogen and oxygen atoms in total. The number of carboxylic acids is 5. The summed E-state index contributed by atoms with van der Waals surface area (Å²) in [5, 5.41) is 89.6. The van der Waals surface area contributed by atoms with Crippen molar-refractivity contribution in [1.29, 1.82) is 0 Å². The van der Waals surface area contributed by atoms with E-state index in [4.69, 9.17) is 10.8 Å². The first kappa shape index (κ1) is 95.9. The fourth-order valence-electron chi connectivity index (χ4n) is 10.8. The summed E-state index contributed by atoms with van der Waals surface area (Å²) in [7, 11) is 3.70. The Morgan fingerprint density at radius 1 is 0.464 bits per heavy atom. The van der Waals surface area contributed by atoms with Crippen LogP contribution in [0.25, 0.3) is 0 Å². The van der Waals surface area contributed by atoms with Crippen molar-refractivity contribution in [3.63, 3.8) is 0 Å². The van der Waals surface area contributed by atoms with Crippen LogP contribution in [0.1, 0.15) is 170 Å². The van der Waals surface area contributed by atoms with Crippen molar-refractivity contribution < 1.29 is 122 Å². The minimum absolute atomic E-state index is 0.105. The molecule has 1 saturated heterocycles. The molecule has 1 fully saturated rings. The molecule has 1 aliphatic heterocycles. The van der Waals surface area contributed by atoms with Gasteiger partial charge in [0.15, 0.2) is 0 Å². The maximum Gasteiger partial charge on any atom is 0.326 e. The van der Waals surface area contributed by atoms with E-state index in [1.54, 1.807) is 44.2 Å². The van der Waals surface area contributed by atoms with E-state index in [0.717, 1.165) is 38.9 Å². The van der Waals surface area contributed by atoms with Gasteiger partial charge in [-0.25, -0.2) is 4.79 Å². The van der Waals surface area contributed by atoms with Gasteiger partial charge in [-0.2, -0.15) is 0 Å². The third-order valence-corrected chi connectivity index (χ3v) is 20.2. The number of unbranched alkanes of at least 4 members (excludes halogenated alkanes) is 2. The Morgan fingerprint density at radius 3 is 1.45 bits per heavy atom. The molecular formula is C69H106N14O25S2. The van der Waals surface area contributed by atoms with Gasteiger partial charge in [-0.15, -0.1) is 0 Å². The minimum atomic E-state index is -1.83. The number of nitrogens with one attached hydrogen (secondary N) is 13. The molecule has 0 aromatic heterocycles. The summed E-state index contributed by atoms with van der Waals surface area (Å²) in [6.07, 6.45) is -3.51. The van der Waals surface area contributed by atoms with Crippen molar-refractivity contribution >= 4 is 134 Å². The maximum atomic E-state index is 14.4. The standard InChI is InChI=1S/C69H106N14O25S2/c1-8-36(4)57(82-68(106)58(38(6)84)83-59(97)37(5)73-60(98)42(76-65(103)48(33-55(95)96)74-39(7)85)19-14-15-30-71-50(87)20-13-12-18-41-29-31-109-110-41)66(104)72-34-51(88)75-47(32-40-16-10-9-11-17-40)64(102)78-45(23-27-53(91)92)63(101)81-56(35(2)3)67(105)79-43(21-25-49(70)86)61(99)77-44(22-26-52(89)90)62(100)80-46(69(107)108)24-28-54(93)94/h9-11,16-17,35-38,41-48,56-58,84H,8,12-15,18-34H2,1-7H3,(H2,70,86)(H,71,87)(H,72,104)(H,73,98)(H,74,85)(H,75,88)(H,76,103)(H,77,99)(H,78,102)(H,79,105)(H,80,100)(H,81,101)(H,82,106)(H,83,97)(H,89,90)(H,91,92)(H,93,94)(H,95,96)(H,107,108)/t36-,37-,38+,41+,42-,43-,44-,45-,46-,47-,48-,56-,57-,58-/m0/s1. The van der Waals surface area contributed by atoms with Crippen molar-refractivity contribution in [3.05, 3.63) is 35.9 Å². The Bertz CT molecular complexity index is 3350. The zero-order valence-electron chi connectivity index (χ0n) is 62.4. The first-order chi connectivity index (χ1) is 51.7. The lowest BCUT2D eigenvalue weighted by Crippen LogP contribution is -2.61. The van der Waals surface area contributed by atoms with E-state index in [2.05, 4.69) is 63.8 Å². The second-order valence-electron chi connectivity index (χ2n) is 26.8. The number of aliphatic hydroxyl groups excluding tert-OH is 1. The number of carbonyl (C=O) groups is 19. The van der Waals surface area contributed by atoms with Crippen LogP contribution in [0.2, 0.25) is 0 Å². The van der Waals surface area contributed by atoms with Gasteiger partial charge in [-0.1, -0.05) is 92.5 Å². The monoisotopic (exact) mass is 1590 g/mol. The van der Waals surface area contributed by atoms with E-state index in [9.17, 15) is 117 Å². The van der Waals surface area contributed by atoms with Crippen LogP contribution in [0, 0.1) is 11.8 Å². The summed E-state index contributed by atoms with van der Waals surface area (Å²) >= 11 is 0. The van der Waals surface area contributed by atoms with E-state index in [-0.39, 0.29) is 38.1 Å². The Hall–Kier alpha value is -10.2. The Morgan fingerprint density at radius 2 is 0.945 bits per heavy atom. The van der Waals surface area contributed by atoms with Crippen LogP contribution in [0.15, 0.2) is 30.3 Å². The summed E-state index contributed by atoms with van der Waals surface area (Å²) in [5.41, 5.74) is 5.77. The molecule has 1 aliphatic rings. The zero-order valence-corrected chi connectivity index (χ0v) is 64.1. The van der Waals surface area contributed by atoms with Crippen LogP contribution in [0.4, 0.5) is 0 Å². The predicted octanol–water partition coefficient (Wildman–Crippen LogP) is -2.78. The highest BCUT2D eigenvalue weighted by atomic mass is 33.1. The molecule has 614 valence electrons. The Kier molecular flexibility index (Phi) is 44.0. The summed E-state index contributed by atoms with van der Waals surface area (Å²) in [6.45, 7) is 8.74. The van der Waals surface area contributed by atoms with Crippen molar-refractivity contribution in [2.45, 2.75) is 248 Å².